The number of nitrogens with zero attached hydrogens (tertiary/aromatic N) is 2. The highest BCUT2D eigenvalue weighted by Crippen LogP contribution is 2.25. The Morgan fingerprint density at radius 3 is 2.26 bits per heavy atom. The van der Waals surface area contributed by atoms with Crippen LogP contribution in [-0.2, 0) is 18.3 Å². The zero-order chi connectivity index (χ0) is 25.3. The number of aliphatic carboxylic acids is 1. The smallest absolute Gasteiger partial charge is 0.335 e. The molecular weight excluding hydrogens is 460 g/mol. The maximum absolute atomic E-state index is 14.0. The molecule has 35 heavy (non-hydrogen) atoms. The molecule has 4 aromatic rings. The van der Waals surface area contributed by atoms with Gasteiger partial charge in [0.1, 0.15) is 23.2 Å². The summed E-state index contributed by atoms with van der Waals surface area (Å²) >= 11 is 0. The molecule has 8 nitrogen and oxygen atoms in total. The van der Waals surface area contributed by atoms with Crippen LogP contribution in [0.2, 0.25) is 0 Å². The van der Waals surface area contributed by atoms with Crippen molar-refractivity contribution in [1.82, 2.24) is 14.5 Å². The monoisotopic (exact) mass is 479 g/mol. The van der Waals surface area contributed by atoms with Gasteiger partial charge in [-0.3, -0.25) is 18.7 Å². The van der Waals surface area contributed by atoms with Crippen LogP contribution < -0.4 is 16.6 Å². The molecule has 1 atom stereocenters. The molecule has 1 aromatic heterocycles. The van der Waals surface area contributed by atoms with E-state index in [9.17, 15) is 33.1 Å². The fourth-order valence-corrected chi connectivity index (χ4v) is 3.86. The number of carbonyl (C=O) groups is 2. The number of halogens is 2. The average molecular weight is 479 g/mol. The standard InChI is InChI=1S/C25H19F2N3O5/c1-29-21(31)11-12-30(25(29)35)20-10-3-6-15-14(5-2-7-16(15)20)13-19(24(33)34)28-23(32)22-17(26)8-4-9-18(22)27/h2-12,19H,13H2,1H3,(H,28,32)(H,33,34)/t19-/m0/s1. The number of hydrogen-bond donors (Lipinski definition) is 2. The van der Waals surface area contributed by atoms with Crippen molar-refractivity contribution in [2.24, 2.45) is 7.05 Å². The summed E-state index contributed by atoms with van der Waals surface area (Å²) < 4.78 is 30.2. The Labute approximate surface area is 196 Å². The molecule has 10 heteroatoms. The lowest BCUT2D eigenvalue weighted by molar-refractivity contribution is -0.139. The first-order valence-electron chi connectivity index (χ1n) is 10.5. The lowest BCUT2D eigenvalue weighted by Crippen LogP contribution is -2.43. The number of carbonyl (C=O) groups excluding carboxylic acids is 1. The van der Waals surface area contributed by atoms with E-state index in [-0.39, 0.29) is 6.42 Å². The quantitative estimate of drug-likeness (QED) is 0.441. The van der Waals surface area contributed by atoms with Gasteiger partial charge in [0, 0.05) is 31.1 Å². The lowest BCUT2D eigenvalue weighted by Gasteiger charge is -2.17. The lowest BCUT2D eigenvalue weighted by atomic mass is 9.97. The van der Waals surface area contributed by atoms with E-state index < -0.39 is 46.4 Å². The van der Waals surface area contributed by atoms with Gasteiger partial charge in [-0.2, -0.15) is 0 Å². The van der Waals surface area contributed by atoms with Gasteiger partial charge in [0.25, 0.3) is 11.5 Å². The highest BCUT2D eigenvalue weighted by atomic mass is 19.1. The summed E-state index contributed by atoms with van der Waals surface area (Å²) in [5, 5.41) is 13.1. The molecule has 1 amide bonds. The average Bonchev–Trinajstić information content (AvgIpc) is 2.82. The molecule has 0 bridgehead atoms. The van der Waals surface area contributed by atoms with Gasteiger partial charge in [-0.05, 0) is 29.1 Å². The van der Waals surface area contributed by atoms with Crippen LogP contribution >= 0.6 is 0 Å². The summed E-state index contributed by atoms with van der Waals surface area (Å²) in [6.07, 6.45) is 1.16. The second-order valence-electron chi connectivity index (χ2n) is 7.82. The predicted molar refractivity (Wildman–Crippen MR) is 124 cm³/mol. The van der Waals surface area contributed by atoms with E-state index >= 15 is 0 Å². The fraction of sp³-hybridized carbons (Fsp3) is 0.120. The number of amides is 1. The van der Waals surface area contributed by atoms with Gasteiger partial charge in [0.2, 0.25) is 0 Å². The first kappa shape index (κ1) is 23.6. The van der Waals surface area contributed by atoms with Crippen molar-refractivity contribution in [3.05, 3.63) is 110 Å². The van der Waals surface area contributed by atoms with Crippen molar-refractivity contribution in [1.29, 1.82) is 0 Å². The van der Waals surface area contributed by atoms with Crippen LogP contribution in [-0.4, -0.2) is 32.2 Å². The molecule has 178 valence electrons. The Kier molecular flexibility index (Phi) is 6.28. The number of carboxylic acid groups (broad SMARTS) is 1. The highest BCUT2D eigenvalue weighted by molar-refractivity contribution is 5.97. The molecule has 2 N–H and O–H groups in total. The van der Waals surface area contributed by atoms with E-state index in [1.165, 1.54) is 23.9 Å². The fourth-order valence-electron chi connectivity index (χ4n) is 3.86. The molecule has 0 unspecified atom stereocenters. The van der Waals surface area contributed by atoms with Crippen LogP contribution in [0.1, 0.15) is 15.9 Å². The van der Waals surface area contributed by atoms with E-state index in [2.05, 4.69) is 5.32 Å². The predicted octanol–water partition coefficient (Wildman–Crippen LogP) is 2.39. The van der Waals surface area contributed by atoms with Gasteiger partial charge in [-0.25, -0.2) is 18.4 Å². The molecule has 0 radical (unpaired) electrons. The summed E-state index contributed by atoms with van der Waals surface area (Å²) in [7, 11) is 1.36. The molecule has 4 rings (SSSR count). The Hall–Kier alpha value is -4.60. The van der Waals surface area contributed by atoms with Crippen molar-refractivity contribution in [3.63, 3.8) is 0 Å². The molecule has 0 aliphatic rings. The summed E-state index contributed by atoms with van der Waals surface area (Å²) in [4.78, 5) is 48.8. The van der Waals surface area contributed by atoms with E-state index in [4.69, 9.17) is 0 Å². The first-order valence-corrected chi connectivity index (χ1v) is 10.5. The van der Waals surface area contributed by atoms with E-state index in [0.717, 1.165) is 22.8 Å². The number of aromatic nitrogens is 2. The van der Waals surface area contributed by atoms with E-state index in [1.807, 2.05) is 0 Å². The van der Waals surface area contributed by atoms with Gasteiger partial charge >= 0.3 is 11.7 Å². The third-order valence-corrected chi connectivity index (χ3v) is 5.66. The molecular formula is C25H19F2N3O5. The second-order valence-corrected chi connectivity index (χ2v) is 7.82. The number of rotatable bonds is 6. The van der Waals surface area contributed by atoms with Crippen LogP contribution in [0, 0.1) is 11.6 Å². The summed E-state index contributed by atoms with van der Waals surface area (Å²) in [5.41, 5.74) is -0.900. The van der Waals surface area contributed by atoms with Crippen LogP contribution in [0.25, 0.3) is 16.5 Å². The Morgan fingerprint density at radius 1 is 0.943 bits per heavy atom. The van der Waals surface area contributed by atoms with E-state index in [0.29, 0.717) is 22.0 Å². The minimum atomic E-state index is -1.49. The van der Waals surface area contributed by atoms with Gasteiger partial charge < -0.3 is 10.4 Å². The number of carboxylic acids is 1. The van der Waals surface area contributed by atoms with Crippen molar-refractivity contribution in [2.75, 3.05) is 0 Å². The minimum absolute atomic E-state index is 0.194. The third-order valence-electron chi connectivity index (χ3n) is 5.66. The molecule has 3 aromatic carbocycles. The van der Waals surface area contributed by atoms with Crippen molar-refractivity contribution < 1.29 is 23.5 Å². The zero-order valence-electron chi connectivity index (χ0n) is 18.4. The Bertz CT molecular complexity index is 1570. The largest absolute Gasteiger partial charge is 0.480 e. The number of nitrogens with one attached hydrogen (secondary N) is 1. The maximum atomic E-state index is 14.0. The normalized spacial score (nSPS) is 11.9. The van der Waals surface area contributed by atoms with Gasteiger partial charge in [-0.15, -0.1) is 0 Å². The van der Waals surface area contributed by atoms with Crippen molar-refractivity contribution >= 4 is 22.6 Å². The SMILES string of the molecule is Cn1c(=O)ccn(-c2cccc3c(C[C@H](NC(=O)c4c(F)cccc4F)C(=O)O)cccc23)c1=O. The van der Waals surface area contributed by atoms with Crippen molar-refractivity contribution in [2.45, 2.75) is 12.5 Å². The third kappa shape index (κ3) is 4.45. The maximum Gasteiger partial charge on any atom is 0.335 e. The number of benzene rings is 3. The molecule has 1 heterocycles. The van der Waals surface area contributed by atoms with E-state index in [1.54, 1.807) is 36.4 Å². The molecule has 0 spiro atoms. The molecule has 0 saturated heterocycles. The van der Waals surface area contributed by atoms with Gasteiger partial charge in [0.15, 0.2) is 0 Å². The summed E-state index contributed by atoms with van der Waals surface area (Å²) in [5.74, 6) is -4.79. The highest BCUT2D eigenvalue weighted by Gasteiger charge is 2.25. The van der Waals surface area contributed by atoms with Crippen LogP contribution in [0.3, 0.4) is 0 Å². The van der Waals surface area contributed by atoms with Gasteiger partial charge in [-0.1, -0.05) is 36.4 Å². The summed E-state index contributed by atoms with van der Waals surface area (Å²) in [6.45, 7) is 0. The number of hydrogen-bond acceptors (Lipinski definition) is 4. The molecule has 0 saturated carbocycles. The second kappa shape index (κ2) is 9.34. The minimum Gasteiger partial charge on any atom is -0.480 e. The van der Waals surface area contributed by atoms with Crippen LogP contribution in [0.5, 0.6) is 0 Å². The molecule has 0 aliphatic carbocycles. The molecule has 0 fully saturated rings. The van der Waals surface area contributed by atoms with Crippen LogP contribution in [0.15, 0.2) is 76.4 Å². The topological polar surface area (TPSA) is 110 Å². The van der Waals surface area contributed by atoms with Crippen molar-refractivity contribution in [3.8, 4) is 5.69 Å². The van der Waals surface area contributed by atoms with Gasteiger partial charge in [0.05, 0.1) is 5.69 Å². The number of fused-ring (bicyclic) bond motifs is 1. The first-order chi connectivity index (χ1) is 16.7. The zero-order valence-corrected chi connectivity index (χ0v) is 18.4. The Morgan fingerprint density at radius 2 is 1.57 bits per heavy atom. The van der Waals surface area contributed by atoms with Crippen LogP contribution in [0.4, 0.5) is 8.78 Å². The Balaban J connectivity index is 1.73. The molecule has 0 aliphatic heterocycles. The summed E-state index contributed by atoms with van der Waals surface area (Å²) in [6, 6.07) is 12.8.